The van der Waals surface area contributed by atoms with Gasteiger partial charge in [0.25, 0.3) is 0 Å². The van der Waals surface area contributed by atoms with E-state index in [1.54, 1.807) is 0 Å². The summed E-state index contributed by atoms with van der Waals surface area (Å²) in [5.74, 6) is -0.297. The average molecular weight is 274 g/mol. The van der Waals surface area contributed by atoms with Gasteiger partial charge >= 0.3 is 5.97 Å². The number of allylic oxidation sites excluding steroid dienone is 1. The minimum Gasteiger partial charge on any atom is -0.458 e. The number of carbonyl (C=O) groups excluding carboxylic acids is 1. The maximum atomic E-state index is 12.2. The minimum atomic E-state index is -0.164. The first-order valence-electron chi connectivity index (χ1n) is 7.61. The van der Waals surface area contributed by atoms with Crippen LogP contribution in [0.3, 0.4) is 0 Å². The van der Waals surface area contributed by atoms with Gasteiger partial charge in [0.1, 0.15) is 6.10 Å². The van der Waals surface area contributed by atoms with E-state index in [-0.39, 0.29) is 18.0 Å². The van der Waals surface area contributed by atoms with Crippen molar-refractivity contribution in [1.29, 1.82) is 0 Å². The molecule has 0 aromatic heterocycles. The predicted molar refractivity (Wildman–Crippen MR) is 83.7 cm³/mol. The molecule has 0 spiro atoms. The van der Waals surface area contributed by atoms with Gasteiger partial charge < -0.3 is 4.74 Å². The molecule has 0 saturated heterocycles. The van der Waals surface area contributed by atoms with Crippen LogP contribution < -0.4 is 0 Å². The monoisotopic (exact) mass is 274 g/mol. The number of hydrogen-bond donors (Lipinski definition) is 0. The molecule has 0 radical (unpaired) electrons. The molecule has 0 aliphatic carbocycles. The first-order valence-corrected chi connectivity index (χ1v) is 7.61. The summed E-state index contributed by atoms with van der Waals surface area (Å²) in [7, 11) is 0. The molecule has 0 amide bonds. The molecule has 0 N–H and O–H groups in total. The number of hydrogen-bond acceptors (Lipinski definition) is 2. The van der Waals surface area contributed by atoms with E-state index in [4.69, 9.17) is 4.74 Å². The Balaban J connectivity index is 2.53. The van der Waals surface area contributed by atoms with E-state index in [2.05, 4.69) is 13.0 Å². The molecular formula is C18H26O2. The average Bonchev–Trinajstić information content (AvgIpc) is 2.45. The number of unbranched alkanes of at least 4 members (excludes halogenated alkanes) is 2. The molecule has 0 bridgehead atoms. The molecule has 20 heavy (non-hydrogen) atoms. The maximum Gasteiger partial charge on any atom is 0.313 e. The molecule has 0 aliphatic rings. The highest BCUT2D eigenvalue weighted by atomic mass is 16.5. The summed E-state index contributed by atoms with van der Waals surface area (Å²) in [5, 5.41) is 0. The predicted octanol–water partition coefficient (Wildman–Crippen LogP) is 4.86. The van der Waals surface area contributed by atoms with Crippen molar-refractivity contribution in [3.63, 3.8) is 0 Å². The molecule has 0 fully saturated rings. The summed E-state index contributed by atoms with van der Waals surface area (Å²) in [6.07, 6.45) is 8.10. The number of esters is 1. The molecule has 2 heteroatoms. The van der Waals surface area contributed by atoms with Crippen molar-refractivity contribution in [3.05, 3.63) is 48.0 Å². The van der Waals surface area contributed by atoms with E-state index in [1.165, 1.54) is 12.8 Å². The number of benzene rings is 1. The lowest BCUT2D eigenvalue weighted by atomic mass is 9.97. The highest BCUT2D eigenvalue weighted by molar-refractivity contribution is 5.78. The largest absolute Gasteiger partial charge is 0.458 e. The lowest BCUT2D eigenvalue weighted by Crippen LogP contribution is -2.19. The fraction of sp³-hybridized carbons (Fsp3) is 0.500. The lowest BCUT2D eigenvalue weighted by Gasteiger charge is -2.17. The van der Waals surface area contributed by atoms with Crippen LogP contribution in [-0.2, 0) is 9.53 Å². The first kappa shape index (κ1) is 16.5. The van der Waals surface area contributed by atoms with Crippen LogP contribution in [0.15, 0.2) is 42.5 Å². The van der Waals surface area contributed by atoms with E-state index in [0.717, 1.165) is 18.4 Å². The molecule has 0 saturated carbocycles. The molecule has 2 nitrogen and oxygen atoms in total. The Kier molecular flexibility index (Phi) is 7.71. The van der Waals surface area contributed by atoms with Crippen LogP contribution in [-0.4, -0.2) is 12.1 Å². The summed E-state index contributed by atoms with van der Waals surface area (Å²) >= 11 is 0. The number of carbonyl (C=O) groups is 1. The molecule has 0 aliphatic heterocycles. The van der Waals surface area contributed by atoms with E-state index >= 15 is 0 Å². The summed E-state index contributed by atoms with van der Waals surface area (Å²) in [5.41, 5.74) is 1.03. The molecule has 110 valence electrons. The second kappa shape index (κ2) is 9.35. The normalized spacial score (nSPS) is 14.2. The summed E-state index contributed by atoms with van der Waals surface area (Å²) in [4.78, 5) is 12.2. The first-order chi connectivity index (χ1) is 9.69. The SMILES string of the molecule is CCCC/C=C/C(C)OC(=O)C(CC)c1ccccc1. The van der Waals surface area contributed by atoms with Crippen LogP contribution in [0.1, 0.15) is 57.9 Å². The van der Waals surface area contributed by atoms with Crippen LogP contribution in [0.4, 0.5) is 0 Å². The molecule has 0 heterocycles. The Labute approximate surface area is 122 Å². The van der Waals surface area contributed by atoms with Gasteiger partial charge in [-0.15, -0.1) is 0 Å². The van der Waals surface area contributed by atoms with Gasteiger partial charge in [-0.2, -0.15) is 0 Å². The van der Waals surface area contributed by atoms with Gasteiger partial charge in [0.05, 0.1) is 5.92 Å². The number of rotatable bonds is 8. The van der Waals surface area contributed by atoms with Crippen molar-refractivity contribution in [2.45, 2.75) is 58.5 Å². The van der Waals surface area contributed by atoms with Crippen LogP contribution in [0.25, 0.3) is 0 Å². The zero-order chi connectivity index (χ0) is 14.8. The summed E-state index contributed by atoms with van der Waals surface area (Å²) < 4.78 is 5.51. The molecule has 1 aromatic rings. The second-order valence-electron chi connectivity index (χ2n) is 5.08. The van der Waals surface area contributed by atoms with Gasteiger partial charge in [-0.3, -0.25) is 4.79 Å². The van der Waals surface area contributed by atoms with Gasteiger partial charge in [-0.25, -0.2) is 0 Å². The van der Waals surface area contributed by atoms with Crippen molar-refractivity contribution in [1.82, 2.24) is 0 Å². The fourth-order valence-electron chi connectivity index (χ4n) is 2.14. The Bertz CT molecular complexity index is 409. The van der Waals surface area contributed by atoms with Crippen molar-refractivity contribution in [2.24, 2.45) is 0 Å². The van der Waals surface area contributed by atoms with E-state index in [9.17, 15) is 4.79 Å². The van der Waals surface area contributed by atoms with Gasteiger partial charge in [0, 0.05) is 0 Å². The van der Waals surface area contributed by atoms with Crippen LogP contribution in [0.5, 0.6) is 0 Å². The Morgan fingerprint density at radius 1 is 1.25 bits per heavy atom. The molecule has 2 atom stereocenters. The highest BCUT2D eigenvalue weighted by Gasteiger charge is 2.21. The van der Waals surface area contributed by atoms with Gasteiger partial charge in [0.15, 0.2) is 0 Å². The standard InChI is InChI=1S/C18H26O2/c1-4-6-7-9-12-15(3)20-18(19)17(5-2)16-13-10-8-11-14-16/h8-15,17H,4-7H2,1-3H3/b12-9+. The van der Waals surface area contributed by atoms with Crippen LogP contribution in [0.2, 0.25) is 0 Å². The minimum absolute atomic E-state index is 0.133. The fourth-order valence-corrected chi connectivity index (χ4v) is 2.14. The topological polar surface area (TPSA) is 26.3 Å². The third-order valence-electron chi connectivity index (χ3n) is 3.33. The number of ether oxygens (including phenoxy) is 1. The van der Waals surface area contributed by atoms with Crippen molar-refractivity contribution in [2.75, 3.05) is 0 Å². The third-order valence-corrected chi connectivity index (χ3v) is 3.33. The Morgan fingerprint density at radius 3 is 2.55 bits per heavy atom. The third kappa shape index (κ3) is 5.60. The second-order valence-corrected chi connectivity index (χ2v) is 5.08. The zero-order valence-electron chi connectivity index (χ0n) is 12.8. The highest BCUT2D eigenvalue weighted by Crippen LogP contribution is 2.21. The van der Waals surface area contributed by atoms with Gasteiger partial charge in [0.2, 0.25) is 0 Å². The van der Waals surface area contributed by atoms with Gasteiger partial charge in [-0.05, 0) is 31.4 Å². The molecular weight excluding hydrogens is 248 g/mol. The van der Waals surface area contributed by atoms with E-state index in [0.29, 0.717) is 0 Å². The quantitative estimate of drug-likeness (QED) is 0.384. The van der Waals surface area contributed by atoms with E-state index in [1.807, 2.05) is 50.3 Å². The van der Waals surface area contributed by atoms with Crippen molar-refractivity contribution in [3.8, 4) is 0 Å². The Hall–Kier alpha value is -1.57. The molecule has 1 rings (SSSR count). The maximum absolute atomic E-state index is 12.2. The van der Waals surface area contributed by atoms with Gasteiger partial charge in [-0.1, -0.05) is 63.1 Å². The van der Waals surface area contributed by atoms with E-state index < -0.39 is 0 Å². The van der Waals surface area contributed by atoms with Crippen LogP contribution >= 0.6 is 0 Å². The molecule has 1 aromatic carbocycles. The zero-order valence-corrected chi connectivity index (χ0v) is 12.8. The summed E-state index contributed by atoms with van der Waals surface area (Å²) in [6, 6.07) is 9.84. The smallest absolute Gasteiger partial charge is 0.313 e. The van der Waals surface area contributed by atoms with Crippen molar-refractivity contribution < 1.29 is 9.53 Å². The Morgan fingerprint density at radius 2 is 1.95 bits per heavy atom. The van der Waals surface area contributed by atoms with Crippen LogP contribution in [0, 0.1) is 0 Å². The van der Waals surface area contributed by atoms with Crippen molar-refractivity contribution >= 4 is 5.97 Å². The summed E-state index contributed by atoms with van der Waals surface area (Å²) in [6.45, 7) is 6.10. The lowest BCUT2D eigenvalue weighted by molar-refractivity contribution is -0.148. The molecule has 2 unspecified atom stereocenters.